The maximum Gasteiger partial charge on any atom is 0.268 e. The largest absolute Gasteiger partial charge is 0.337 e. The highest BCUT2D eigenvalue weighted by Crippen LogP contribution is 2.32. The van der Waals surface area contributed by atoms with Crippen LogP contribution in [0.15, 0.2) is 4.52 Å². The number of likely N-dealkylation sites (tertiary alicyclic amines) is 1. The number of piperidine rings is 1. The van der Waals surface area contributed by atoms with Crippen LogP contribution >= 0.6 is 11.5 Å². The summed E-state index contributed by atoms with van der Waals surface area (Å²) in [6, 6.07) is -0.138. The summed E-state index contributed by atoms with van der Waals surface area (Å²) >= 11 is 1.14. The van der Waals surface area contributed by atoms with Gasteiger partial charge in [-0.2, -0.15) is 4.98 Å². The van der Waals surface area contributed by atoms with Crippen LogP contribution in [0.1, 0.15) is 65.7 Å². The number of amides is 1. The van der Waals surface area contributed by atoms with Gasteiger partial charge in [0, 0.05) is 13.0 Å². The lowest BCUT2D eigenvalue weighted by Gasteiger charge is -2.33. The smallest absolute Gasteiger partial charge is 0.268 e. The van der Waals surface area contributed by atoms with Gasteiger partial charge >= 0.3 is 0 Å². The summed E-state index contributed by atoms with van der Waals surface area (Å²) in [5.74, 6) is 1.23. The van der Waals surface area contributed by atoms with Crippen molar-refractivity contribution in [2.75, 3.05) is 6.54 Å². The fourth-order valence-corrected chi connectivity index (χ4v) is 3.33. The molecule has 0 N–H and O–H groups in total. The van der Waals surface area contributed by atoms with E-state index in [1.165, 1.54) is 0 Å². The summed E-state index contributed by atoms with van der Waals surface area (Å²) in [6.07, 6.45) is 4.66. The van der Waals surface area contributed by atoms with Crippen LogP contribution in [0.2, 0.25) is 0 Å². The lowest BCUT2D eigenvalue weighted by Crippen LogP contribution is -2.38. The second-order valence-corrected chi connectivity index (χ2v) is 6.25. The van der Waals surface area contributed by atoms with Crippen molar-refractivity contribution in [2.45, 2.75) is 52.0 Å². The molecular formula is C14H19N5O2S. The third-order valence-corrected chi connectivity index (χ3v) is 4.67. The average molecular weight is 321 g/mol. The molecule has 2 aromatic rings. The van der Waals surface area contributed by atoms with Crippen LogP contribution in [0.25, 0.3) is 0 Å². The van der Waals surface area contributed by atoms with E-state index in [1.54, 1.807) is 0 Å². The Morgan fingerprint density at radius 2 is 2.32 bits per heavy atom. The van der Waals surface area contributed by atoms with Crippen LogP contribution in [-0.4, -0.2) is 37.1 Å². The number of nitrogens with zero attached hydrogens (tertiary/aromatic N) is 5. The van der Waals surface area contributed by atoms with Crippen LogP contribution in [0.3, 0.4) is 0 Å². The fraction of sp³-hybridized carbons (Fsp3) is 0.643. The quantitative estimate of drug-likeness (QED) is 0.860. The molecule has 1 amide bonds. The van der Waals surface area contributed by atoms with Crippen LogP contribution in [0.5, 0.6) is 0 Å². The van der Waals surface area contributed by atoms with Gasteiger partial charge in [0.2, 0.25) is 5.89 Å². The predicted molar refractivity (Wildman–Crippen MR) is 80.6 cm³/mol. The van der Waals surface area contributed by atoms with E-state index in [2.05, 4.69) is 26.7 Å². The van der Waals surface area contributed by atoms with Crippen molar-refractivity contribution in [1.82, 2.24) is 24.6 Å². The summed E-state index contributed by atoms with van der Waals surface area (Å²) in [5.41, 5.74) is 0.677. The Morgan fingerprint density at radius 1 is 1.45 bits per heavy atom. The van der Waals surface area contributed by atoms with Gasteiger partial charge < -0.3 is 9.42 Å². The van der Waals surface area contributed by atoms with Gasteiger partial charge in [-0.1, -0.05) is 16.6 Å². The van der Waals surface area contributed by atoms with Gasteiger partial charge in [0.25, 0.3) is 5.91 Å². The standard InChI is InChI=1S/C14H19N5O2S/c1-3-6-11-15-13(21-17-11)10-7-4-5-8-19(10)14(20)12-9(2)16-18-22-12/h10H,3-8H2,1-2H3/t10-/m1/s1. The number of aryl methyl sites for hydroxylation is 2. The van der Waals surface area contributed by atoms with Crippen molar-refractivity contribution in [3.63, 3.8) is 0 Å². The molecule has 118 valence electrons. The van der Waals surface area contributed by atoms with Gasteiger partial charge in [-0.3, -0.25) is 4.79 Å². The minimum absolute atomic E-state index is 0.0348. The highest BCUT2D eigenvalue weighted by molar-refractivity contribution is 7.07. The first-order valence-electron chi connectivity index (χ1n) is 7.63. The molecule has 0 bridgehead atoms. The third kappa shape index (κ3) is 2.87. The molecule has 22 heavy (non-hydrogen) atoms. The number of rotatable bonds is 4. The molecule has 2 aromatic heterocycles. The van der Waals surface area contributed by atoms with Crippen LogP contribution in [0.4, 0.5) is 0 Å². The first kappa shape index (κ1) is 15.1. The van der Waals surface area contributed by atoms with E-state index in [0.717, 1.165) is 43.6 Å². The second kappa shape index (κ2) is 6.51. The molecule has 0 radical (unpaired) electrons. The molecule has 1 saturated heterocycles. The normalized spacial score (nSPS) is 18.6. The monoisotopic (exact) mass is 321 g/mol. The zero-order valence-corrected chi connectivity index (χ0v) is 13.6. The molecule has 1 aliphatic rings. The maximum absolute atomic E-state index is 12.8. The number of carbonyl (C=O) groups excluding carboxylic acids is 1. The topological polar surface area (TPSA) is 85.0 Å². The molecule has 3 heterocycles. The molecule has 1 aliphatic heterocycles. The van der Waals surface area contributed by atoms with E-state index < -0.39 is 0 Å². The summed E-state index contributed by atoms with van der Waals surface area (Å²) in [4.78, 5) is 19.7. The van der Waals surface area contributed by atoms with Crippen LogP contribution < -0.4 is 0 Å². The molecule has 0 unspecified atom stereocenters. The van der Waals surface area contributed by atoms with Gasteiger partial charge in [0.1, 0.15) is 10.9 Å². The van der Waals surface area contributed by atoms with Gasteiger partial charge in [0.15, 0.2) is 5.82 Å². The van der Waals surface area contributed by atoms with E-state index in [4.69, 9.17) is 4.52 Å². The first-order valence-corrected chi connectivity index (χ1v) is 8.40. The highest BCUT2D eigenvalue weighted by atomic mass is 32.1. The van der Waals surface area contributed by atoms with Crippen molar-refractivity contribution in [1.29, 1.82) is 0 Å². The SMILES string of the molecule is CCCc1noc([C@H]2CCCCN2C(=O)c2snnc2C)n1. The Kier molecular flexibility index (Phi) is 4.47. The molecule has 8 heteroatoms. The molecule has 0 aromatic carbocycles. The zero-order valence-electron chi connectivity index (χ0n) is 12.8. The van der Waals surface area contributed by atoms with E-state index in [-0.39, 0.29) is 11.9 Å². The van der Waals surface area contributed by atoms with Gasteiger partial charge in [-0.25, -0.2) is 0 Å². The number of hydrogen-bond acceptors (Lipinski definition) is 7. The Morgan fingerprint density at radius 3 is 3.05 bits per heavy atom. The van der Waals surface area contributed by atoms with E-state index in [0.29, 0.717) is 28.8 Å². The summed E-state index contributed by atoms with van der Waals surface area (Å²) in [7, 11) is 0. The minimum atomic E-state index is -0.138. The van der Waals surface area contributed by atoms with Gasteiger partial charge in [0.05, 0.1) is 5.69 Å². The molecule has 0 spiro atoms. The Hall–Kier alpha value is -1.83. The summed E-state index contributed by atoms with van der Waals surface area (Å²) in [5, 5.41) is 7.94. The Bertz CT molecular complexity index is 653. The zero-order chi connectivity index (χ0) is 15.5. The predicted octanol–water partition coefficient (Wildman–Crippen LogP) is 2.55. The number of aromatic nitrogens is 4. The summed E-state index contributed by atoms with van der Waals surface area (Å²) in [6.45, 7) is 4.58. The van der Waals surface area contributed by atoms with Crippen molar-refractivity contribution in [3.05, 3.63) is 22.3 Å². The Labute approximate surface area is 132 Å². The van der Waals surface area contributed by atoms with E-state index in [9.17, 15) is 4.79 Å². The minimum Gasteiger partial charge on any atom is -0.337 e. The second-order valence-electron chi connectivity index (χ2n) is 5.50. The molecule has 3 rings (SSSR count). The summed E-state index contributed by atoms with van der Waals surface area (Å²) < 4.78 is 9.26. The third-order valence-electron chi connectivity index (χ3n) is 3.85. The molecule has 1 fully saturated rings. The van der Waals surface area contributed by atoms with Crippen molar-refractivity contribution in [2.24, 2.45) is 0 Å². The average Bonchev–Trinajstić information content (AvgIpc) is 3.16. The lowest BCUT2D eigenvalue weighted by atomic mass is 10.0. The molecular weight excluding hydrogens is 302 g/mol. The lowest BCUT2D eigenvalue weighted by molar-refractivity contribution is 0.0565. The highest BCUT2D eigenvalue weighted by Gasteiger charge is 2.34. The van der Waals surface area contributed by atoms with Crippen molar-refractivity contribution in [3.8, 4) is 0 Å². The molecule has 1 atom stereocenters. The van der Waals surface area contributed by atoms with Gasteiger partial charge in [-0.05, 0) is 44.1 Å². The van der Waals surface area contributed by atoms with Crippen LogP contribution in [0, 0.1) is 6.92 Å². The molecule has 0 saturated carbocycles. The van der Waals surface area contributed by atoms with Crippen LogP contribution in [-0.2, 0) is 6.42 Å². The Balaban J connectivity index is 1.84. The number of hydrogen-bond donors (Lipinski definition) is 0. The maximum atomic E-state index is 12.8. The van der Waals surface area contributed by atoms with Crippen molar-refractivity contribution >= 4 is 17.4 Å². The first-order chi connectivity index (χ1) is 10.7. The van der Waals surface area contributed by atoms with Crippen molar-refractivity contribution < 1.29 is 9.32 Å². The fourth-order valence-electron chi connectivity index (χ4n) is 2.72. The number of carbonyl (C=O) groups is 1. The molecule has 7 nitrogen and oxygen atoms in total. The van der Waals surface area contributed by atoms with Gasteiger partial charge in [-0.15, -0.1) is 5.10 Å². The van der Waals surface area contributed by atoms with E-state index >= 15 is 0 Å². The molecule has 0 aliphatic carbocycles. The van der Waals surface area contributed by atoms with E-state index in [1.807, 2.05) is 11.8 Å².